The molecular formula is C23H21Cl3N2O. The van der Waals surface area contributed by atoms with Gasteiger partial charge in [-0.2, -0.15) is 0 Å². The van der Waals surface area contributed by atoms with E-state index in [0.717, 1.165) is 11.4 Å². The van der Waals surface area contributed by atoms with E-state index in [1.165, 1.54) is 0 Å². The average molecular weight is 448 g/mol. The fraction of sp³-hybridized carbons (Fsp3) is 0.174. The number of Topliss-reactive ketones (excluding diaryl/α,β-unsaturated/α-hetero) is 1. The number of carbonyl (C=O) groups is 1. The number of ketones is 1. The van der Waals surface area contributed by atoms with Crippen LogP contribution in [0.4, 0.5) is 11.4 Å². The molecule has 0 aliphatic heterocycles. The van der Waals surface area contributed by atoms with Crippen molar-refractivity contribution < 1.29 is 4.79 Å². The van der Waals surface area contributed by atoms with E-state index in [1.54, 1.807) is 36.4 Å². The van der Waals surface area contributed by atoms with Crippen molar-refractivity contribution in [1.29, 1.82) is 0 Å². The number of rotatable bonds is 7. The highest BCUT2D eigenvalue weighted by atomic mass is 35.5. The molecule has 6 heteroatoms. The van der Waals surface area contributed by atoms with Gasteiger partial charge < -0.3 is 10.2 Å². The number of nitrogens with one attached hydrogen (secondary N) is 1. The number of halogens is 3. The standard InChI is InChI=1S/C23H21Cl3N2O/c1-23(27-20-11-7-18(25)8-12-20,22(29)16-3-5-17(24)6-4-16)15-28(2)21-13-9-19(26)10-14-21/h3-14,27H,15H2,1-2H3. The van der Waals surface area contributed by atoms with E-state index in [9.17, 15) is 4.79 Å². The van der Waals surface area contributed by atoms with Crippen LogP contribution in [-0.4, -0.2) is 24.9 Å². The molecule has 0 fully saturated rings. The number of carbonyl (C=O) groups excluding carboxylic acids is 1. The molecule has 3 aromatic rings. The van der Waals surface area contributed by atoms with Crippen molar-refractivity contribution in [2.75, 3.05) is 23.8 Å². The van der Waals surface area contributed by atoms with E-state index in [2.05, 4.69) is 5.32 Å². The Kier molecular flexibility index (Phi) is 6.74. The molecule has 0 amide bonds. The van der Waals surface area contributed by atoms with Crippen molar-refractivity contribution in [3.8, 4) is 0 Å². The maximum atomic E-state index is 13.5. The Morgan fingerprint density at radius 1 is 0.828 bits per heavy atom. The van der Waals surface area contributed by atoms with Crippen LogP contribution in [0.5, 0.6) is 0 Å². The molecule has 0 aromatic heterocycles. The van der Waals surface area contributed by atoms with Gasteiger partial charge in [-0.3, -0.25) is 4.79 Å². The second-order valence-corrected chi connectivity index (χ2v) is 8.44. The summed E-state index contributed by atoms with van der Waals surface area (Å²) in [5, 5.41) is 5.30. The number of benzene rings is 3. The second kappa shape index (κ2) is 9.08. The van der Waals surface area contributed by atoms with Gasteiger partial charge in [-0.15, -0.1) is 0 Å². The Hall–Kier alpha value is -2.20. The Balaban J connectivity index is 1.92. The lowest BCUT2D eigenvalue weighted by Gasteiger charge is -2.35. The van der Waals surface area contributed by atoms with Gasteiger partial charge >= 0.3 is 0 Å². The lowest BCUT2D eigenvalue weighted by Crippen LogP contribution is -2.52. The van der Waals surface area contributed by atoms with Gasteiger partial charge in [0.1, 0.15) is 5.54 Å². The van der Waals surface area contributed by atoms with Crippen molar-refractivity contribution in [2.24, 2.45) is 0 Å². The van der Waals surface area contributed by atoms with Crippen molar-refractivity contribution >= 4 is 52.0 Å². The van der Waals surface area contributed by atoms with Gasteiger partial charge in [-0.05, 0) is 79.7 Å². The van der Waals surface area contributed by atoms with Crippen LogP contribution in [0.2, 0.25) is 15.1 Å². The molecule has 0 aliphatic rings. The number of nitrogens with zero attached hydrogens (tertiary/aromatic N) is 1. The smallest absolute Gasteiger partial charge is 0.189 e. The summed E-state index contributed by atoms with van der Waals surface area (Å²) in [6.45, 7) is 2.32. The predicted molar refractivity (Wildman–Crippen MR) is 124 cm³/mol. The second-order valence-electron chi connectivity index (χ2n) is 7.13. The molecule has 3 rings (SSSR count). The van der Waals surface area contributed by atoms with Gasteiger partial charge in [0, 0.05) is 45.6 Å². The first-order valence-electron chi connectivity index (χ1n) is 9.08. The monoisotopic (exact) mass is 446 g/mol. The zero-order valence-electron chi connectivity index (χ0n) is 16.1. The summed E-state index contributed by atoms with van der Waals surface area (Å²) in [4.78, 5) is 15.5. The zero-order chi connectivity index (χ0) is 21.0. The summed E-state index contributed by atoms with van der Waals surface area (Å²) >= 11 is 18.0. The Labute approximate surface area is 186 Å². The van der Waals surface area contributed by atoms with Gasteiger partial charge in [0.2, 0.25) is 0 Å². The molecule has 0 bridgehead atoms. The van der Waals surface area contributed by atoms with Crippen molar-refractivity contribution in [3.05, 3.63) is 93.4 Å². The summed E-state index contributed by atoms with van der Waals surface area (Å²) < 4.78 is 0. The van der Waals surface area contributed by atoms with Crippen LogP contribution in [0.1, 0.15) is 17.3 Å². The topological polar surface area (TPSA) is 32.3 Å². The number of anilines is 2. The fourth-order valence-electron chi connectivity index (χ4n) is 3.20. The highest BCUT2D eigenvalue weighted by molar-refractivity contribution is 6.31. The first-order chi connectivity index (χ1) is 13.8. The lowest BCUT2D eigenvalue weighted by molar-refractivity contribution is 0.0920. The third kappa shape index (κ3) is 5.45. The maximum absolute atomic E-state index is 13.5. The highest BCUT2D eigenvalue weighted by Gasteiger charge is 2.35. The van der Waals surface area contributed by atoms with Crippen LogP contribution in [0.15, 0.2) is 72.8 Å². The van der Waals surface area contributed by atoms with Crippen molar-refractivity contribution in [3.63, 3.8) is 0 Å². The number of hydrogen-bond donors (Lipinski definition) is 1. The summed E-state index contributed by atoms with van der Waals surface area (Å²) in [6, 6.07) is 21.8. The molecule has 1 unspecified atom stereocenters. The molecule has 1 atom stereocenters. The van der Waals surface area contributed by atoms with Crippen LogP contribution >= 0.6 is 34.8 Å². The third-order valence-electron chi connectivity index (χ3n) is 4.69. The van der Waals surface area contributed by atoms with Crippen LogP contribution in [0.3, 0.4) is 0 Å². The Morgan fingerprint density at radius 3 is 1.79 bits per heavy atom. The Morgan fingerprint density at radius 2 is 1.28 bits per heavy atom. The highest BCUT2D eigenvalue weighted by Crippen LogP contribution is 2.26. The van der Waals surface area contributed by atoms with E-state index in [4.69, 9.17) is 34.8 Å². The number of likely N-dealkylation sites (N-methyl/N-ethyl adjacent to an activating group) is 1. The van der Waals surface area contributed by atoms with Crippen molar-refractivity contribution in [1.82, 2.24) is 0 Å². The van der Waals surface area contributed by atoms with Crippen molar-refractivity contribution in [2.45, 2.75) is 12.5 Å². The number of hydrogen-bond acceptors (Lipinski definition) is 3. The maximum Gasteiger partial charge on any atom is 0.189 e. The largest absolute Gasteiger partial charge is 0.372 e. The minimum Gasteiger partial charge on any atom is -0.372 e. The Bertz CT molecular complexity index is 973. The van der Waals surface area contributed by atoms with Gasteiger partial charge in [0.15, 0.2) is 5.78 Å². The van der Waals surface area contributed by atoms with Gasteiger partial charge in [-0.25, -0.2) is 0 Å². The average Bonchev–Trinajstić information content (AvgIpc) is 2.70. The molecule has 0 aliphatic carbocycles. The van der Waals surface area contributed by atoms with Gasteiger partial charge in [-0.1, -0.05) is 34.8 Å². The minimum absolute atomic E-state index is 0.0371. The molecule has 3 aromatic carbocycles. The molecular weight excluding hydrogens is 427 g/mol. The summed E-state index contributed by atoms with van der Waals surface area (Å²) in [7, 11) is 1.94. The molecule has 1 N–H and O–H groups in total. The molecule has 29 heavy (non-hydrogen) atoms. The van der Waals surface area contributed by atoms with Gasteiger partial charge in [0.25, 0.3) is 0 Å². The molecule has 0 saturated carbocycles. The molecule has 3 nitrogen and oxygen atoms in total. The molecule has 150 valence electrons. The van der Waals surface area contributed by atoms with Crippen LogP contribution < -0.4 is 10.2 Å². The molecule has 0 saturated heterocycles. The van der Waals surface area contributed by atoms with E-state index in [1.807, 2.05) is 55.3 Å². The minimum atomic E-state index is -0.907. The molecule has 0 spiro atoms. The van der Waals surface area contributed by atoms with E-state index >= 15 is 0 Å². The first-order valence-corrected chi connectivity index (χ1v) is 10.2. The van der Waals surface area contributed by atoms with E-state index in [0.29, 0.717) is 27.2 Å². The van der Waals surface area contributed by atoms with Crippen LogP contribution in [0.25, 0.3) is 0 Å². The zero-order valence-corrected chi connectivity index (χ0v) is 18.4. The third-order valence-corrected chi connectivity index (χ3v) is 5.45. The van der Waals surface area contributed by atoms with E-state index < -0.39 is 5.54 Å². The van der Waals surface area contributed by atoms with Gasteiger partial charge in [0.05, 0.1) is 0 Å². The normalized spacial score (nSPS) is 12.9. The fourth-order valence-corrected chi connectivity index (χ4v) is 3.58. The summed E-state index contributed by atoms with van der Waals surface area (Å²) in [5.74, 6) is -0.0371. The predicted octanol–water partition coefficient (Wildman–Crippen LogP) is 6.84. The lowest BCUT2D eigenvalue weighted by atomic mass is 9.89. The summed E-state index contributed by atoms with van der Waals surface area (Å²) in [5.41, 5.74) is 1.45. The van der Waals surface area contributed by atoms with Crippen LogP contribution in [-0.2, 0) is 0 Å². The molecule has 0 heterocycles. The van der Waals surface area contributed by atoms with Crippen LogP contribution in [0, 0.1) is 0 Å². The molecule has 0 radical (unpaired) electrons. The van der Waals surface area contributed by atoms with E-state index in [-0.39, 0.29) is 5.78 Å². The SMILES string of the molecule is CN(CC(C)(Nc1ccc(Cl)cc1)C(=O)c1ccc(Cl)cc1)c1ccc(Cl)cc1. The summed E-state index contributed by atoms with van der Waals surface area (Å²) in [6.07, 6.45) is 0. The first kappa shape index (κ1) is 21.5. The quantitative estimate of drug-likeness (QED) is 0.402.